The molecule has 6 nitrogen and oxygen atoms in total. The van der Waals surface area contributed by atoms with Gasteiger partial charge in [0, 0.05) is 6.54 Å². The van der Waals surface area contributed by atoms with Crippen molar-refractivity contribution in [3.63, 3.8) is 0 Å². The first-order valence-electron chi connectivity index (χ1n) is 6.31. The number of halogens is 1. The average Bonchev–Trinajstić information content (AvgIpc) is 2.80. The molecule has 0 saturated heterocycles. The number of ether oxygens (including phenoxy) is 1. The Bertz CT molecular complexity index is 557. The highest BCUT2D eigenvalue weighted by atomic mass is 35.5. The number of carbonyl (C=O) groups is 3. The molecule has 2 amide bonds. The third-order valence-corrected chi connectivity index (χ3v) is 4.10. The van der Waals surface area contributed by atoms with E-state index in [9.17, 15) is 14.4 Å². The van der Waals surface area contributed by atoms with Gasteiger partial charge in [-0.3, -0.25) is 9.59 Å². The fourth-order valence-corrected chi connectivity index (χ4v) is 2.84. The Morgan fingerprint density at radius 2 is 2.00 bits per heavy atom. The molecule has 0 aliphatic heterocycles. The van der Waals surface area contributed by atoms with E-state index in [1.165, 1.54) is 7.11 Å². The van der Waals surface area contributed by atoms with Crippen LogP contribution >= 0.6 is 22.9 Å². The van der Waals surface area contributed by atoms with E-state index in [0.29, 0.717) is 17.0 Å². The smallest absolute Gasteiger partial charge is 0.341 e. The molecule has 8 heteroatoms. The monoisotopic (exact) mass is 332 g/mol. The normalized spacial score (nSPS) is 10.1. The van der Waals surface area contributed by atoms with Crippen LogP contribution in [-0.2, 0) is 9.53 Å². The molecular weight excluding hydrogens is 316 g/mol. The first kappa shape index (κ1) is 17.5. The zero-order chi connectivity index (χ0) is 16.0. The molecule has 0 bridgehead atoms. The summed E-state index contributed by atoms with van der Waals surface area (Å²) in [6.45, 7) is 4.11. The molecule has 0 fully saturated rings. The summed E-state index contributed by atoms with van der Waals surface area (Å²) < 4.78 is 4.70. The SMILES string of the molecule is CCCNC(=O)c1sc(NC(=O)CCl)c(C(=O)OC)c1C. The summed E-state index contributed by atoms with van der Waals surface area (Å²) in [6, 6.07) is 0. The standard InChI is InChI=1S/C13H17ClN2O4S/c1-4-5-15-11(18)10-7(2)9(13(19)20-3)12(21-10)16-8(17)6-14/h4-6H2,1-3H3,(H,15,18)(H,16,17). The van der Waals surface area contributed by atoms with Gasteiger partial charge in [-0.25, -0.2) is 4.79 Å². The van der Waals surface area contributed by atoms with E-state index in [1.54, 1.807) is 6.92 Å². The number of anilines is 1. The molecule has 0 radical (unpaired) electrons. The van der Waals surface area contributed by atoms with Crippen molar-refractivity contribution in [2.24, 2.45) is 0 Å². The minimum absolute atomic E-state index is 0.183. The Hall–Kier alpha value is -1.60. The Morgan fingerprint density at radius 1 is 1.33 bits per heavy atom. The highest BCUT2D eigenvalue weighted by Gasteiger charge is 2.25. The number of alkyl halides is 1. The fourth-order valence-electron chi connectivity index (χ4n) is 1.64. The molecule has 0 saturated carbocycles. The minimum Gasteiger partial charge on any atom is -0.465 e. The number of esters is 1. The van der Waals surface area contributed by atoms with E-state index < -0.39 is 11.9 Å². The number of hydrogen-bond donors (Lipinski definition) is 2. The molecule has 0 aliphatic rings. The summed E-state index contributed by atoms with van der Waals surface area (Å²) in [5.74, 6) is -1.59. The van der Waals surface area contributed by atoms with Gasteiger partial charge in [0.05, 0.1) is 17.6 Å². The van der Waals surface area contributed by atoms with Crippen molar-refractivity contribution in [2.45, 2.75) is 20.3 Å². The van der Waals surface area contributed by atoms with Gasteiger partial charge in [0.1, 0.15) is 10.9 Å². The minimum atomic E-state index is -0.608. The predicted molar refractivity (Wildman–Crippen MR) is 82.4 cm³/mol. The first-order valence-corrected chi connectivity index (χ1v) is 7.67. The van der Waals surface area contributed by atoms with E-state index >= 15 is 0 Å². The van der Waals surface area contributed by atoms with Gasteiger partial charge in [-0.2, -0.15) is 0 Å². The van der Waals surface area contributed by atoms with E-state index in [4.69, 9.17) is 16.3 Å². The lowest BCUT2D eigenvalue weighted by molar-refractivity contribution is -0.113. The van der Waals surface area contributed by atoms with Crippen LogP contribution in [0.2, 0.25) is 0 Å². The van der Waals surface area contributed by atoms with Crippen LogP contribution in [0.1, 0.15) is 38.9 Å². The van der Waals surface area contributed by atoms with E-state index in [-0.39, 0.29) is 22.4 Å². The Morgan fingerprint density at radius 3 is 2.52 bits per heavy atom. The lowest BCUT2D eigenvalue weighted by atomic mass is 10.1. The van der Waals surface area contributed by atoms with Gasteiger partial charge in [0.2, 0.25) is 5.91 Å². The molecule has 1 rings (SSSR count). The van der Waals surface area contributed by atoms with E-state index in [0.717, 1.165) is 17.8 Å². The number of rotatable bonds is 6. The van der Waals surface area contributed by atoms with Crippen molar-refractivity contribution in [1.82, 2.24) is 5.32 Å². The van der Waals surface area contributed by atoms with Gasteiger partial charge in [0.25, 0.3) is 5.91 Å². The third-order valence-electron chi connectivity index (χ3n) is 2.65. The number of methoxy groups -OCH3 is 1. The van der Waals surface area contributed by atoms with Gasteiger partial charge >= 0.3 is 5.97 Å². The molecule has 116 valence electrons. The number of carbonyl (C=O) groups excluding carboxylic acids is 3. The van der Waals surface area contributed by atoms with Crippen LogP contribution < -0.4 is 10.6 Å². The van der Waals surface area contributed by atoms with Crippen molar-refractivity contribution in [1.29, 1.82) is 0 Å². The van der Waals surface area contributed by atoms with Crippen LogP contribution in [0.5, 0.6) is 0 Å². The van der Waals surface area contributed by atoms with Crippen molar-refractivity contribution in [2.75, 3.05) is 24.9 Å². The van der Waals surface area contributed by atoms with E-state index in [1.807, 2.05) is 6.92 Å². The van der Waals surface area contributed by atoms with Crippen LogP contribution in [0.25, 0.3) is 0 Å². The maximum atomic E-state index is 12.1. The summed E-state index contributed by atoms with van der Waals surface area (Å²) >= 11 is 6.47. The summed E-state index contributed by atoms with van der Waals surface area (Å²) in [5.41, 5.74) is 0.660. The zero-order valence-corrected chi connectivity index (χ0v) is 13.6. The molecule has 0 aromatic carbocycles. The number of amides is 2. The van der Waals surface area contributed by atoms with Gasteiger partial charge in [-0.1, -0.05) is 6.92 Å². The number of hydrogen-bond acceptors (Lipinski definition) is 5. The molecule has 0 aliphatic carbocycles. The van der Waals surface area contributed by atoms with E-state index in [2.05, 4.69) is 10.6 Å². The van der Waals surface area contributed by atoms with Crippen LogP contribution in [0.15, 0.2) is 0 Å². The molecule has 0 spiro atoms. The lowest BCUT2D eigenvalue weighted by Crippen LogP contribution is -2.23. The zero-order valence-electron chi connectivity index (χ0n) is 12.0. The quantitative estimate of drug-likeness (QED) is 0.617. The average molecular weight is 333 g/mol. The largest absolute Gasteiger partial charge is 0.465 e. The Labute approximate surface area is 131 Å². The van der Waals surface area contributed by atoms with Crippen molar-refractivity contribution >= 4 is 45.7 Å². The maximum Gasteiger partial charge on any atom is 0.341 e. The van der Waals surface area contributed by atoms with Crippen LogP contribution in [0.4, 0.5) is 5.00 Å². The van der Waals surface area contributed by atoms with Gasteiger partial charge in [-0.05, 0) is 18.9 Å². The maximum absolute atomic E-state index is 12.1. The molecular formula is C13H17ClN2O4S. The second-order valence-electron chi connectivity index (χ2n) is 4.19. The Balaban J connectivity index is 3.20. The van der Waals surface area contributed by atoms with Crippen LogP contribution in [0, 0.1) is 6.92 Å². The van der Waals surface area contributed by atoms with Crippen LogP contribution in [-0.4, -0.2) is 37.3 Å². The highest BCUT2D eigenvalue weighted by molar-refractivity contribution is 7.18. The Kier molecular flexibility index (Phi) is 6.64. The van der Waals surface area contributed by atoms with Crippen molar-refractivity contribution < 1.29 is 19.1 Å². The summed E-state index contributed by atoms with van der Waals surface area (Å²) in [5, 5.41) is 5.52. The summed E-state index contributed by atoms with van der Waals surface area (Å²) in [7, 11) is 1.24. The number of nitrogens with one attached hydrogen (secondary N) is 2. The fraction of sp³-hybridized carbons (Fsp3) is 0.462. The van der Waals surface area contributed by atoms with Gasteiger partial charge < -0.3 is 15.4 Å². The molecule has 0 unspecified atom stereocenters. The number of thiophene rings is 1. The van der Waals surface area contributed by atoms with Crippen molar-refractivity contribution in [3.05, 3.63) is 16.0 Å². The second kappa shape index (κ2) is 7.99. The van der Waals surface area contributed by atoms with Gasteiger partial charge in [0.15, 0.2) is 0 Å². The highest BCUT2D eigenvalue weighted by Crippen LogP contribution is 2.33. The molecule has 1 heterocycles. The lowest BCUT2D eigenvalue weighted by Gasteiger charge is -2.04. The van der Waals surface area contributed by atoms with Crippen LogP contribution in [0.3, 0.4) is 0 Å². The molecule has 0 atom stereocenters. The topological polar surface area (TPSA) is 84.5 Å². The molecule has 1 aromatic heterocycles. The second-order valence-corrected chi connectivity index (χ2v) is 5.48. The van der Waals surface area contributed by atoms with Crippen molar-refractivity contribution in [3.8, 4) is 0 Å². The predicted octanol–water partition coefficient (Wildman–Crippen LogP) is 2.16. The molecule has 1 aromatic rings. The van der Waals surface area contributed by atoms with Gasteiger partial charge in [-0.15, -0.1) is 22.9 Å². The summed E-state index contributed by atoms with van der Waals surface area (Å²) in [6.07, 6.45) is 0.801. The first-order chi connectivity index (χ1) is 9.96. The summed E-state index contributed by atoms with van der Waals surface area (Å²) in [4.78, 5) is 35.7. The molecule has 21 heavy (non-hydrogen) atoms. The third kappa shape index (κ3) is 4.18. The molecule has 2 N–H and O–H groups in total.